The summed E-state index contributed by atoms with van der Waals surface area (Å²) in [6.45, 7) is 4.76. The summed E-state index contributed by atoms with van der Waals surface area (Å²) >= 11 is 0. The maximum Gasteiger partial charge on any atom is 0.409 e. The van der Waals surface area contributed by atoms with Gasteiger partial charge in [-0.3, -0.25) is 9.59 Å². The first kappa shape index (κ1) is 15.5. The lowest BCUT2D eigenvalue weighted by atomic mass is 9.76. The predicted molar refractivity (Wildman–Crippen MR) is 67.6 cm³/mol. The van der Waals surface area contributed by atoms with Crippen LogP contribution in [0.15, 0.2) is 0 Å². The normalized spacial score (nSPS) is 17.7. The minimum absolute atomic E-state index is 0.115. The number of ketones is 1. The molecule has 0 N–H and O–H groups in total. The van der Waals surface area contributed by atoms with Crippen molar-refractivity contribution in [2.45, 2.75) is 33.1 Å². The van der Waals surface area contributed by atoms with Crippen molar-refractivity contribution in [2.24, 2.45) is 5.41 Å². The van der Waals surface area contributed by atoms with E-state index in [-0.39, 0.29) is 24.9 Å². The molecule has 0 aliphatic carbocycles. The second kappa shape index (κ2) is 6.54. The Morgan fingerprint density at radius 2 is 1.79 bits per heavy atom. The number of amides is 1. The van der Waals surface area contributed by atoms with Gasteiger partial charge < -0.3 is 14.4 Å². The van der Waals surface area contributed by atoms with Gasteiger partial charge in [-0.05, 0) is 19.8 Å². The number of Topliss-reactive ketones (excluding diaryl/α,β-unsaturated/α-hetero) is 1. The minimum atomic E-state index is -0.558. The number of esters is 1. The van der Waals surface area contributed by atoms with Gasteiger partial charge in [0.15, 0.2) is 0 Å². The summed E-state index contributed by atoms with van der Waals surface area (Å²) in [5, 5.41) is 0. The summed E-state index contributed by atoms with van der Waals surface area (Å²) in [5.74, 6) is -0.598. The highest BCUT2D eigenvalue weighted by Crippen LogP contribution is 2.33. The largest absolute Gasteiger partial charge is 0.466 e. The van der Waals surface area contributed by atoms with E-state index < -0.39 is 11.4 Å². The number of carbonyl (C=O) groups is 3. The van der Waals surface area contributed by atoms with Crippen molar-refractivity contribution in [3.05, 3.63) is 0 Å². The van der Waals surface area contributed by atoms with Crippen LogP contribution in [0.25, 0.3) is 0 Å². The molecule has 0 aromatic carbocycles. The summed E-state index contributed by atoms with van der Waals surface area (Å²) < 4.78 is 9.42. The third-order valence-corrected chi connectivity index (χ3v) is 3.58. The highest BCUT2D eigenvalue weighted by molar-refractivity contribution is 5.98. The topological polar surface area (TPSA) is 72.9 Å². The molecule has 108 valence electrons. The molecule has 1 rings (SSSR count). The Morgan fingerprint density at radius 1 is 1.21 bits per heavy atom. The third-order valence-electron chi connectivity index (χ3n) is 3.58. The van der Waals surface area contributed by atoms with Crippen molar-refractivity contribution < 1.29 is 23.9 Å². The first-order chi connectivity index (χ1) is 8.92. The minimum Gasteiger partial charge on any atom is -0.466 e. The zero-order chi connectivity index (χ0) is 14.5. The van der Waals surface area contributed by atoms with Crippen molar-refractivity contribution in [2.75, 3.05) is 26.8 Å². The molecule has 1 fully saturated rings. The molecule has 0 atom stereocenters. The van der Waals surface area contributed by atoms with Crippen LogP contribution in [0.3, 0.4) is 0 Å². The molecular formula is C13H21NO5. The number of likely N-dealkylation sites (tertiary alicyclic amines) is 1. The summed E-state index contributed by atoms with van der Waals surface area (Å²) in [4.78, 5) is 36.4. The molecule has 0 aromatic heterocycles. The van der Waals surface area contributed by atoms with Crippen molar-refractivity contribution in [3.8, 4) is 0 Å². The number of hydrogen-bond acceptors (Lipinski definition) is 5. The number of nitrogens with zero attached hydrogens (tertiary/aromatic N) is 1. The molecule has 0 aromatic rings. The van der Waals surface area contributed by atoms with Crippen molar-refractivity contribution in [1.29, 1.82) is 0 Å². The quantitative estimate of drug-likeness (QED) is 0.570. The van der Waals surface area contributed by atoms with Crippen LogP contribution in [-0.2, 0) is 19.1 Å². The molecule has 0 saturated carbocycles. The molecule has 1 heterocycles. The number of rotatable bonds is 4. The van der Waals surface area contributed by atoms with Crippen LogP contribution >= 0.6 is 0 Å². The lowest BCUT2D eigenvalue weighted by molar-refractivity contribution is -0.148. The molecule has 0 bridgehead atoms. The standard InChI is InChI=1S/C13H21NO5/c1-4-19-11(16)9-10(15)13(2)5-7-14(8-6-13)12(17)18-3/h4-9H2,1-3H3. The van der Waals surface area contributed by atoms with Crippen LogP contribution < -0.4 is 0 Å². The predicted octanol–water partition coefficient (Wildman–Crippen LogP) is 1.38. The van der Waals surface area contributed by atoms with E-state index in [1.165, 1.54) is 7.11 Å². The summed E-state index contributed by atoms with van der Waals surface area (Å²) in [7, 11) is 1.34. The SMILES string of the molecule is CCOC(=O)CC(=O)C1(C)CCN(C(=O)OC)CC1. The Hall–Kier alpha value is -1.59. The number of carbonyl (C=O) groups excluding carboxylic acids is 3. The van der Waals surface area contributed by atoms with Gasteiger partial charge in [0, 0.05) is 18.5 Å². The van der Waals surface area contributed by atoms with E-state index in [1.54, 1.807) is 11.8 Å². The Labute approximate surface area is 113 Å². The van der Waals surface area contributed by atoms with Crippen LogP contribution in [0.1, 0.15) is 33.1 Å². The van der Waals surface area contributed by atoms with E-state index in [0.717, 1.165) is 0 Å². The van der Waals surface area contributed by atoms with Gasteiger partial charge in [0.25, 0.3) is 0 Å². The van der Waals surface area contributed by atoms with Crippen molar-refractivity contribution >= 4 is 17.8 Å². The number of ether oxygens (including phenoxy) is 2. The van der Waals surface area contributed by atoms with Gasteiger partial charge in [0.1, 0.15) is 12.2 Å². The summed E-state index contributed by atoms with van der Waals surface area (Å²) in [6, 6.07) is 0. The highest BCUT2D eigenvalue weighted by Gasteiger charge is 2.38. The van der Waals surface area contributed by atoms with Crippen LogP contribution in [0.5, 0.6) is 0 Å². The molecule has 0 radical (unpaired) electrons. The van der Waals surface area contributed by atoms with E-state index in [1.807, 2.05) is 6.92 Å². The van der Waals surface area contributed by atoms with Gasteiger partial charge in [-0.2, -0.15) is 0 Å². The van der Waals surface area contributed by atoms with Crippen LogP contribution in [0.4, 0.5) is 4.79 Å². The smallest absolute Gasteiger partial charge is 0.409 e. The number of piperidine rings is 1. The van der Waals surface area contributed by atoms with E-state index in [2.05, 4.69) is 4.74 Å². The van der Waals surface area contributed by atoms with Crippen LogP contribution in [0, 0.1) is 5.41 Å². The van der Waals surface area contributed by atoms with E-state index in [9.17, 15) is 14.4 Å². The van der Waals surface area contributed by atoms with Crippen LogP contribution in [0.2, 0.25) is 0 Å². The monoisotopic (exact) mass is 271 g/mol. The second-order valence-corrected chi connectivity index (χ2v) is 4.92. The Balaban J connectivity index is 2.53. The molecule has 0 unspecified atom stereocenters. The van der Waals surface area contributed by atoms with Gasteiger partial charge in [-0.15, -0.1) is 0 Å². The van der Waals surface area contributed by atoms with E-state index >= 15 is 0 Å². The fourth-order valence-corrected chi connectivity index (χ4v) is 2.15. The highest BCUT2D eigenvalue weighted by atomic mass is 16.5. The molecule has 6 heteroatoms. The molecule has 1 aliphatic rings. The average molecular weight is 271 g/mol. The zero-order valence-electron chi connectivity index (χ0n) is 11.7. The molecule has 1 aliphatic heterocycles. The fraction of sp³-hybridized carbons (Fsp3) is 0.769. The molecular weight excluding hydrogens is 250 g/mol. The van der Waals surface area contributed by atoms with Crippen molar-refractivity contribution in [1.82, 2.24) is 4.90 Å². The maximum absolute atomic E-state index is 12.1. The Morgan fingerprint density at radius 3 is 2.26 bits per heavy atom. The lowest BCUT2D eigenvalue weighted by Gasteiger charge is -2.37. The lowest BCUT2D eigenvalue weighted by Crippen LogP contribution is -2.45. The second-order valence-electron chi connectivity index (χ2n) is 4.92. The van der Waals surface area contributed by atoms with Gasteiger partial charge in [0.05, 0.1) is 13.7 Å². The zero-order valence-corrected chi connectivity index (χ0v) is 11.7. The molecule has 6 nitrogen and oxygen atoms in total. The maximum atomic E-state index is 12.1. The Kier molecular flexibility index (Phi) is 5.32. The van der Waals surface area contributed by atoms with Crippen molar-refractivity contribution in [3.63, 3.8) is 0 Å². The Bertz CT molecular complexity index is 358. The van der Waals surface area contributed by atoms with E-state index in [4.69, 9.17) is 4.74 Å². The average Bonchev–Trinajstić information content (AvgIpc) is 2.39. The van der Waals surface area contributed by atoms with Gasteiger partial charge in [-0.25, -0.2) is 4.79 Å². The summed E-state index contributed by atoms with van der Waals surface area (Å²) in [6.07, 6.45) is 0.517. The third kappa shape index (κ3) is 3.94. The fourth-order valence-electron chi connectivity index (χ4n) is 2.15. The number of hydrogen-bond donors (Lipinski definition) is 0. The van der Waals surface area contributed by atoms with Gasteiger partial charge in [-0.1, -0.05) is 6.92 Å². The van der Waals surface area contributed by atoms with Gasteiger partial charge in [0.2, 0.25) is 0 Å². The van der Waals surface area contributed by atoms with Gasteiger partial charge >= 0.3 is 12.1 Å². The molecule has 0 spiro atoms. The summed E-state index contributed by atoms with van der Waals surface area (Å²) in [5.41, 5.74) is -0.558. The molecule has 19 heavy (non-hydrogen) atoms. The first-order valence-electron chi connectivity index (χ1n) is 6.44. The number of methoxy groups -OCH3 is 1. The molecule has 1 saturated heterocycles. The molecule has 1 amide bonds. The van der Waals surface area contributed by atoms with Crippen LogP contribution in [-0.4, -0.2) is 49.6 Å². The first-order valence-corrected chi connectivity index (χ1v) is 6.44. The van der Waals surface area contributed by atoms with E-state index in [0.29, 0.717) is 25.9 Å².